The largest absolute Gasteiger partial charge is 0.381 e. The lowest BCUT2D eigenvalue weighted by molar-refractivity contribution is 1.15. The molecule has 0 spiro atoms. The summed E-state index contributed by atoms with van der Waals surface area (Å²) in [5.74, 6) is 0. The monoisotopic (exact) mass is 381 g/mol. The predicted molar refractivity (Wildman–Crippen MR) is 102 cm³/mol. The van der Waals surface area contributed by atoms with E-state index in [4.69, 9.17) is 23.2 Å². The van der Waals surface area contributed by atoms with Crippen molar-refractivity contribution in [1.82, 2.24) is 4.98 Å². The van der Waals surface area contributed by atoms with E-state index in [2.05, 4.69) is 15.0 Å². The number of halogens is 2. The van der Waals surface area contributed by atoms with Gasteiger partial charge in [-0.25, -0.2) is 4.98 Å². The summed E-state index contributed by atoms with van der Waals surface area (Å²) in [5.41, 5.74) is 2.00. The fourth-order valence-corrected chi connectivity index (χ4v) is 3.51. The van der Waals surface area contributed by atoms with E-state index in [0.717, 1.165) is 21.3 Å². The van der Waals surface area contributed by atoms with E-state index in [-0.39, 0.29) is 0 Å². The SMILES string of the molecule is Clc1cccc(CNc2ccc(SNc3nccs3)cc2)c1Cl. The highest BCUT2D eigenvalue weighted by Crippen LogP contribution is 2.27. The van der Waals surface area contributed by atoms with Crippen molar-refractivity contribution in [3.05, 3.63) is 69.7 Å². The van der Waals surface area contributed by atoms with Crippen LogP contribution in [0.2, 0.25) is 10.0 Å². The number of hydrogen-bond acceptors (Lipinski definition) is 5. The smallest absolute Gasteiger partial charge is 0.192 e. The molecule has 1 heterocycles. The highest BCUT2D eigenvalue weighted by Gasteiger charge is 2.04. The first kappa shape index (κ1) is 16.5. The maximum atomic E-state index is 6.19. The molecule has 3 aromatic rings. The van der Waals surface area contributed by atoms with Crippen molar-refractivity contribution in [1.29, 1.82) is 0 Å². The number of benzene rings is 2. The summed E-state index contributed by atoms with van der Waals surface area (Å²) in [6, 6.07) is 13.8. The number of nitrogens with one attached hydrogen (secondary N) is 2. The topological polar surface area (TPSA) is 37.0 Å². The Morgan fingerprint density at radius 1 is 1.09 bits per heavy atom. The first-order valence-electron chi connectivity index (χ1n) is 6.81. The third-order valence-corrected chi connectivity index (χ3v) is 5.54. The van der Waals surface area contributed by atoms with Crippen LogP contribution in [0.15, 0.2) is 58.9 Å². The molecule has 0 saturated heterocycles. The highest BCUT2D eigenvalue weighted by molar-refractivity contribution is 8.00. The van der Waals surface area contributed by atoms with Gasteiger partial charge in [-0.15, -0.1) is 11.3 Å². The van der Waals surface area contributed by atoms with Crippen LogP contribution in [0.4, 0.5) is 10.8 Å². The molecule has 0 amide bonds. The van der Waals surface area contributed by atoms with Crippen LogP contribution < -0.4 is 10.0 Å². The molecule has 23 heavy (non-hydrogen) atoms. The summed E-state index contributed by atoms with van der Waals surface area (Å²) in [7, 11) is 0. The van der Waals surface area contributed by atoms with Gasteiger partial charge >= 0.3 is 0 Å². The fourth-order valence-electron chi connectivity index (χ4n) is 1.90. The number of aromatic nitrogens is 1. The summed E-state index contributed by atoms with van der Waals surface area (Å²) in [6.45, 7) is 0.628. The average Bonchev–Trinajstić information content (AvgIpc) is 3.09. The summed E-state index contributed by atoms with van der Waals surface area (Å²) in [4.78, 5) is 5.30. The second-order valence-corrected chi connectivity index (χ2v) is 7.19. The Morgan fingerprint density at radius 3 is 2.65 bits per heavy atom. The van der Waals surface area contributed by atoms with Crippen LogP contribution in [0, 0.1) is 0 Å². The second-order valence-electron chi connectivity index (χ2n) is 4.63. The zero-order chi connectivity index (χ0) is 16.1. The van der Waals surface area contributed by atoms with E-state index >= 15 is 0 Å². The van der Waals surface area contributed by atoms with Crippen molar-refractivity contribution in [2.24, 2.45) is 0 Å². The summed E-state index contributed by atoms with van der Waals surface area (Å²) in [6.07, 6.45) is 1.78. The lowest BCUT2D eigenvalue weighted by atomic mass is 10.2. The normalized spacial score (nSPS) is 10.5. The minimum absolute atomic E-state index is 0.575. The van der Waals surface area contributed by atoms with E-state index in [1.807, 2.05) is 41.8 Å². The maximum Gasteiger partial charge on any atom is 0.192 e. The Kier molecular flexibility index (Phi) is 5.67. The number of rotatable bonds is 6. The third-order valence-electron chi connectivity index (χ3n) is 3.06. The Balaban J connectivity index is 1.56. The van der Waals surface area contributed by atoms with E-state index in [0.29, 0.717) is 16.6 Å². The Morgan fingerprint density at radius 2 is 1.91 bits per heavy atom. The van der Waals surface area contributed by atoms with E-state index in [1.54, 1.807) is 23.6 Å². The molecule has 2 N–H and O–H groups in total. The van der Waals surface area contributed by atoms with Crippen molar-refractivity contribution in [3.8, 4) is 0 Å². The summed E-state index contributed by atoms with van der Waals surface area (Å²) in [5, 5.41) is 7.35. The zero-order valence-electron chi connectivity index (χ0n) is 11.9. The van der Waals surface area contributed by atoms with Gasteiger partial charge in [0.2, 0.25) is 0 Å². The van der Waals surface area contributed by atoms with Gasteiger partial charge in [-0.3, -0.25) is 0 Å². The van der Waals surface area contributed by atoms with E-state index in [9.17, 15) is 0 Å². The van der Waals surface area contributed by atoms with Gasteiger partial charge in [-0.05, 0) is 47.8 Å². The molecule has 0 unspecified atom stereocenters. The molecule has 0 aliphatic rings. The van der Waals surface area contributed by atoms with Crippen LogP contribution in [0.25, 0.3) is 0 Å². The van der Waals surface area contributed by atoms with E-state index in [1.165, 1.54) is 11.9 Å². The Hall–Kier alpha value is -1.40. The molecule has 7 heteroatoms. The molecule has 0 saturated carbocycles. The number of thiazole rings is 1. The molecular formula is C16H13Cl2N3S2. The van der Waals surface area contributed by atoms with Crippen molar-refractivity contribution in [2.75, 3.05) is 10.0 Å². The Labute approximate surface area is 153 Å². The molecule has 0 fully saturated rings. The standard InChI is InChI=1S/C16H13Cl2N3S2/c17-14-3-1-2-11(15(14)18)10-20-12-4-6-13(7-5-12)23-21-16-19-8-9-22-16/h1-9,20H,10H2,(H,19,21). The van der Waals surface area contributed by atoms with Crippen LogP contribution >= 0.6 is 46.5 Å². The number of hydrogen-bond donors (Lipinski definition) is 2. The lowest BCUT2D eigenvalue weighted by Crippen LogP contribution is -2.00. The summed E-state index contributed by atoms with van der Waals surface area (Å²) >= 11 is 15.3. The van der Waals surface area contributed by atoms with Gasteiger partial charge < -0.3 is 10.0 Å². The first-order chi connectivity index (χ1) is 11.2. The molecule has 2 aromatic carbocycles. The third kappa shape index (κ3) is 4.54. The molecule has 0 atom stereocenters. The van der Waals surface area contributed by atoms with Gasteiger partial charge in [0.15, 0.2) is 5.13 Å². The van der Waals surface area contributed by atoms with Gasteiger partial charge in [-0.1, -0.05) is 35.3 Å². The molecule has 3 rings (SSSR count). The molecule has 0 aliphatic carbocycles. The zero-order valence-corrected chi connectivity index (χ0v) is 15.1. The van der Waals surface area contributed by atoms with Gasteiger partial charge in [0.1, 0.15) is 0 Å². The van der Waals surface area contributed by atoms with E-state index < -0.39 is 0 Å². The lowest BCUT2D eigenvalue weighted by Gasteiger charge is -2.09. The first-order valence-corrected chi connectivity index (χ1v) is 9.27. The maximum absolute atomic E-state index is 6.19. The van der Waals surface area contributed by atoms with Crippen LogP contribution in [0.3, 0.4) is 0 Å². The van der Waals surface area contributed by atoms with Crippen molar-refractivity contribution < 1.29 is 0 Å². The fraction of sp³-hybridized carbons (Fsp3) is 0.0625. The number of anilines is 2. The van der Waals surface area contributed by atoms with Gasteiger partial charge in [0.25, 0.3) is 0 Å². The Bertz CT molecular complexity index is 762. The molecule has 118 valence electrons. The van der Waals surface area contributed by atoms with Crippen LogP contribution in [0.5, 0.6) is 0 Å². The van der Waals surface area contributed by atoms with Crippen LogP contribution in [0.1, 0.15) is 5.56 Å². The number of nitrogens with zero attached hydrogens (tertiary/aromatic N) is 1. The van der Waals surface area contributed by atoms with Crippen LogP contribution in [-0.4, -0.2) is 4.98 Å². The van der Waals surface area contributed by atoms with Crippen LogP contribution in [-0.2, 0) is 6.54 Å². The molecular weight excluding hydrogens is 369 g/mol. The molecule has 3 nitrogen and oxygen atoms in total. The van der Waals surface area contributed by atoms with Gasteiger partial charge in [-0.2, -0.15) is 0 Å². The second kappa shape index (κ2) is 7.93. The van der Waals surface area contributed by atoms with Gasteiger partial charge in [0.05, 0.1) is 10.0 Å². The molecule has 0 radical (unpaired) electrons. The average molecular weight is 382 g/mol. The molecule has 0 bridgehead atoms. The minimum Gasteiger partial charge on any atom is -0.381 e. The van der Waals surface area contributed by atoms with Crippen molar-refractivity contribution in [2.45, 2.75) is 11.4 Å². The minimum atomic E-state index is 0.575. The quantitative estimate of drug-likeness (QED) is 0.499. The molecule has 0 aliphatic heterocycles. The highest BCUT2D eigenvalue weighted by atomic mass is 35.5. The van der Waals surface area contributed by atoms with Crippen molar-refractivity contribution >= 4 is 57.3 Å². The molecule has 1 aromatic heterocycles. The van der Waals surface area contributed by atoms with Gasteiger partial charge in [0, 0.05) is 28.7 Å². The predicted octanol–water partition coefficient (Wildman–Crippen LogP) is 6.18. The summed E-state index contributed by atoms with van der Waals surface area (Å²) < 4.78 is 3.20. The van der Waals surface area contributed by atoms with Crippen molar-refractivity contribution in [3.63, 3.8) is 0 Å².